The number of pyridine rings is 1. The van der Waals surface area contributed by atoms with E-state index >= 15 is 4.57 Å². The predicted molar refractivity (Wildman–Crippen MR) is 140 cm³/mol. The summed E-state index contributed by atoms with van der Waals surface area (Å²) >= 11 is 0. The molecule has 1 N–H and O–H groups in total. The Labute approximate surface area is 194 Å². The van der Waals surface area contributed by atoms with Crippen LogP contribution in [0.3, 0.4) is 0 Å². The number of hydrogen-bond donors (Lipinski definition) is 1. The van der Waals surface area contributed by atoms with Crippen LogP contribution in [0.15, 0.2) is 109 Å². The zero-order chi connectivity index (χ0) is 22.8. The van der Waals surface area contributed by atoms with Gasteiger partial charge in [-0.25, -0.2) is 0 Å². The highest BCUT2D eigenvalue weighted by molar-refractivity contribution is 7.85. The van der Waals surface area contributed by atoms with Crippen molar-refractivity contribution in [1.29, 1.82) is 0 Å². The zero-order valence-electron chi connectivity index (χ0n) is 18.7. The number of aromatic nitrogens is 1. The van der Waals surface area contributed by atoms with Gasteiger partial charge in [-0.05, 0) is 38.1 Å². The average Bonchev–Trinajstić information content (AvgIpc) is 2.86. The lowest BCUT2D eigenvalue weighted by atomic mass is 10.1. The molecule has 4 heteroatoms. The predicted octanol–water partition coefficient (Wildman–Crippen LogP) is 6.23. The minimum atomic E-state index is -3.23. The van der Waals surface area contributed by atoms with Gasteiger partial charge in [0, 0.05) is 21.7 Å². The number of rotatable bonds is 5. The number of anilines is 2. The van der Waals surface area contributed by atoms with Gasteiger partial charge in [0.15, 0.2) is 7.14 Å². The number of nitrogens with one attached hydrogen (secondary N) is 1. The molecule has 5 aromatic rings. The Bertz CT molecular complexity index is 1420. The van der Waals surface area contributed by atoms with Crippen molar-refractivity contribution in [2.75, 3.05) is 5.32 Å². The van der Waals surface area contributed by atoms with E-state index in [1.807, 2.05) is 104 Å². The maximum absolute atomic E-state index is 15.3. The molecule has 1 heterocycles. The zero-order valence-corrected chi connectivity index (χ0v) is 19.6. The molecule has 3 nitrogen and oxygen atoms in total. The first-order chi connectivity index (χ1) is 16.1. The summed E-state index contributed by atoms with van der Waals surface area (Å²) in [5, 5.41) is 6.92. The van der Waals surface area contributed by atoms with E-state index in [0.29, 0.717) is 0 Å². The Morgan fingerprint density at radius 1 is 0.697 bits per heavy atom. The van der Waals surface area contributed by atoms with Crippen LogP contribution in [-0.4, -0.2) is 4.98 Å². The molecule has 1 aromatic heterocycles. The fourth-order valence-electron chi connectivity index (χ4n) is 4.35. The third-order valence-corrected chi connectivity index (χ3v) is 9.11. The van der Waals surface area contributed by atoms with E-state index in [1.54, 1.807) is 0 Å². The summed E-state index contributed by atoms with van der Waals surface area (Å²) in [6.07, 6.45) is 0. The molecule has 162 valence electrons. The molecule has 0 aliphatic rings. The second kappa shape index (κ2) is 8.69. The Balaban J connectivity index is 1.90. The van der Waals surface area contributed by atoms with Crippen molar-refractivity contribution >= 4 is 45.3 Å². The summed E-state index contributed by atoms with van der Waals surface area (Å²) in [5.74, 6) is 0. The molecule has 0 aliphatic carbocycles. The van der Waals surface area contributed by atoms with Crippen LogP contribution in [0.1, 0.15) is 11.3 Å². The minimum Gasteiger partial charge on any atom is -0.354 e. The molecular formula is C29H25N2OP. The molecule has 0 saturated heterocycles. The normalized spacial score (nSPS) is 11.5. The van der Waals surface area contributed by atoms with Gasteiger partial charge in [-0.3, -0.25) is 4.98 Å². The van der Waals surface area contributed by atoms with Crippen molar-refractivity contribution in [2.45, 2.75) is 13.8 Å². The molecule has 33 heavy (non-hydrogen) atoms. The van der Waals surface area contributed by atoms with E-state index < -0.39 is 7.14 Å². The molecule has 0 aliphatic heterocycles. The van der Waals surface area contributed by atoms with E-state index in [1.165, 1.54) is 0 Å². The largest absolute Gasteiger partial charge is 0.354 e. The van der Waals surface area contributed by atoms with Crippen molar-refractivity contribution in [3.05, 3.63) is 120 Å². The van der Waals surface area contributed by atoms with E-state index in [9.17, 15) is 0 Å². The molecule has 0 spiro atoms. The van der Waals surface area contributed by atoms with Crippen molar-refractivity contribution < 1.29 is 4.57 Å². The van der Waals surface area contributed by atoms with Crippen molar-refractivity contribution in [3.8, 4) is 0 Å². The third-order valence-electron chi connectivity index (χ3n) is 5.89. The van der Waals surface area contributed by atoms with Crippen molar-refractivity contribution in [1.82, 2.24) is 4.98 Å². The van der Waals surface area contributed by atoms with Gasteiger partial charge in [-0.15, -0.1) is 0 Å². The van der Waals surface area contributed by atoms with Gasteiger partial charge < -0.3 is 9.88 Å². The smallest absolute Gasteiger partial charge is 0.174 e. The van der Waals surface area contributed by atoms with E-state index in [4.69, 9.17) is 4.98 Å². The molecule has 0 unspecified atom stereocenters. The lowest BCUT2D eigenvalue weighted by Gasteiger charge is -2.26. The molecule has 0 radical (unpaired) electrons. The van der Waals surface area contributed by atoms with Gasteiger partial charge in [0.1, 0.15) is 0 Å². The second-order valence-corrected chi connectivity index (χ2v) is 10.9. The van der Waals surface area contributed by atoms with Gasteiger partial charge >= 0.3 is 0 Å². The minimum absolute atomic E-state index is 0.752. The first-order valence-electron chi connectivity index (χ1n) is 11.0. The molecule has 4 aromatic carbocycles. The average molecular weight is 449 g/mol. The monoisotopic (exact) mass is 448 g/mol. The standard InChI is InChI=1S/C29H25N2OP/c1-21-18-19-27-26(20-21)28(31-23-12-6-3-7-13-23)29(22(2)30-27)33(32,24-14-8-4-9-15-24)25-16-10-5-11-17-25/h3-20H,1-2H3,(H,30,31). The van der Waals surface area contributed by atoms with Gasteiger partial charge in [0.25, 0.3) is 0 Å². The SMILES string of the molecule is Cc1ccc2nc(C)c(P(=O)(c3ccccc3)c3ccccc3)c(Nc3ccccc3)c2c1. The topological polar surface area (TPSA) is 42.0 Å². The van der Waals surface area contributed by atoms with Crippen LogP contribution in [0.25, 0.3) is 10.9 Å². The van der Waals surface area contributed by atoms with Crippen LogP contribution in [-0.2, 0) is 4.57 Å². The third kappa shape index (κ3) is 3.86. The van der Waals surface area contributed by atoms with Gasteiger partial charge in [0.2, 0.25) is 0 Å². The summed E-state index contributed by atoms with van der Waals surface area (Å²) in [6, 6.07) is 35.8. The van der Waals surface area contributed by atoms with E-state index in [2.05, 4.69) is 24.4 Å². The van der Waals surface area contributed by atoms with Crippen LogP contribution in [0, 0.1) is 13.8 Å². The number of hydrogen-bond acceptors (Lipinski definition) is 3. The maximum Gasteiger partial charge on any atom is 0.174 e. The Morgan fingerprint density at radius 3 is 1.82 bits per heavy atom. The molecule has 0 saturated carbocycles. The highest BCUT2D eigenvalue weighted by Gasteiger charge is 2.35. The number of aryl methyl sites for hydroxylation is 2. The molecule has 0 bridgehead atoms. The number of para-hydroxylation sites is 1. The fourth-order valence-corrected chi connectivity index (χ4v) is 7.35. The summed E-state index contributed by atoms with van der Waals surface area (Å²) in [7, 11) is -3.23. The molecule has 0 atom stereocenters. The molecule has 0 fully saturated rings. The lowest BCUT2D eigenvalue weighted by Crippen LogP contribution is -2.29. The lowest BCUT2D eigenvalue weighted by molar-refractivity contribution is 0.592. The van der Waals surface area contributed by atoms with E-state index in [-0.39, 0.29) is 0 Å². The van der Waals surface area contributed by atoms with Crippen LogP contribution >= 0.6 is 7.14 Å². The maximum atomic E-state index is 15.3. The number of benzene rings is 4. The molecule has 0 amide bonds. The fraction of sp³-hybridized carbons (Fsp3) is 0.0690. The van der Waals surface area contributed by atoms with E-state index in [0.717, 1.165) is 49.4 Å². The summed E-state index contributed by atoms with van der Waals surface area (Å²) in [5.41, 5.74) is 4.57. The van der Waals surface area contributed by atoms with Crippen molar-refractivity contribution in [3.63, 3.8) is 0 Å². The van der Waals surface area contributed by atoms with Gasteiger partial charge in [-0.1, -0.05) is 90.5 Å². The molecule has 5 rings (SSSR count). The highest BCUT2D eigenvalue weighted by atomic mass is 31.2. The first-order valence-corrected chi connectivity index (χ1v) is 12.7. The van der Waals surface area contributed by atoms with Crippen LogP contribution in [0.5, 0.6) is 0 Å². The van der Waals surface area contributed by atoms with Gasteiger partial charge in [-0.2, -0.15) is 0 Å². The Kier molecular flexibility index (Phi) is 5.58. The van der Waals surface area contributed by atoms with Crippen LogP contribution in [0.4, 0.5) is 11.4 Å². The van der Waals surface area contributed by atoms with Crippen LogP contribution < -0.4 is 21.2 Å². The Morgan fingerprint density at radius 2 is 1.24 bits per heavy atom. The van der Waals surface area contributed by atoms with Gasteiger partial charge in [0.05, 0.1) is 22.2 Å². The first kappa shape index (κ1) is 21.2. The quantitative estimate of drug-likeness (QED) is 0.324. The summed E-state index contributed by atoms with van der Waals surface area (Å²) < 4.78 is 15.3. The summed E-state index contributed by atoms with van der Waals surface area (Å²) in [6.45, 7) is 4.03. The summed E-state index contributed by atoms with van der Waals surface area (Å²) in [4.78, 5) is 4.92. The highest BCUT2D eigenvalue weighted by Crippen LogP contribution is 2.47. The van der Waals surface area contributed by atoms with Crippen molar-refractivity contribution in [2.24, 2.45) is 0 Å². The number of fused-ring (bicyclic) bond motifs is 1. The number of nitrogens with zero attached hydrogens (tertiary/aromatic N) is 1. The Hall–Kier alpha value is -3.68. The molecular weight excluding hydrogens is 423 g/mol. The second-order valence-electron chi connectivity index (χ2n) is 8.21. The van der Waals surface area contributed by atoms with Crippen LogP contribution in [0.2, 0.25) is 0 Å².